The van der Waals surface area contributed by atoms with Crippen molar-refractivity contribution < 1.29 is 19.4 Å². The quantitative estimate of drug-likeness (QED) is 0.0451. The van der Waals surface area contributed by atoms with Crippen LogP contribution < -0.4 is 15.6 Å². The molecule has 1 aliphatic rings. The minimum Gasteiger partial charge on any atom is -0.494 e. The Morgan fingerprint density at radius 1 is 1.07 bits per heavy atom. The Morgan fingerprint density at radius 3 is 2.53 bits per heavy atom. The van der Waals surface area contributed by atoms with E-state index >= 15 is 0 Å². The maximum Gasteiger partial charge on any atom is 0.266 e. The van der Waals surface area contributed by atoms with Crippen LogP contribution in [0.1, 0.15) is 34.8 Å². The molecule has 0 saturated heterocycles. The number of aliphatic hydroxyl groups is 1. The average Bonchev–Trinajstić information content (AvgIpc) is 3.44. The molecule has 4 aromatic rings. The third-order valence-electron chi connectivity index (χ3n) is 7.23. The molecule has 1 amide bonds. The van der Waals surface area contributed by atoms with Gasteiger partial charge in [-0.1, -0.05) is 87.2 Å². The summed E-state index contributed by atoms with van der Waals surface area (Å²) in [6.45, 7) is 0.755. The van der Waals surface area contributed by atoms with Gasteiger partial charge in [0.25, 0.3) is 5.91 Å². The third-order valence-corrected chi connectivity index (χ3v) is 8.25. The Hall–Kier alpha value is -4.38. The molecule has 0 saturated carbocycles. The molecule has 0 spiro atoms. The second-order valence-electron chi connectivity index (χ2n) is 10.2. The van der Waals surface area contributed by atoms with Crippen molar-refractivity contribution in [1.29, 1.82) is 0 Å². The Balaban J connectivity index is 1.56. The summed E-state index contributed by atoms with van der Waals surface area (Å²) < 4.78 is 13.1. The van der Waals surface area contributed by atoms with E-state index in [1.807, 2.05) is 36.4 Å². The zero-order valence-corrected chi connectivity index (χ0v) is 26.4. The Morgan fingerprint density at radius 2 is 1.80 bits per heavy atom. The van der Waals surface area contributed by atoms with E-state index in [-0.39, 0.29) is 18.9 Å². The number of azide groups is 1. The lowest BCUT2D eigenvalue weighted by Gasteiger charge is -2.31. The first-order valence-electron chi connectivity index (χ1n) is 14.2. The fourth-order valence-corrected chi connectivity index (χ4v) is 5.53. The molecular formula is C33H30BrClN6O4. The molecule has 3 N–H and O–H groups in total. The van der Waals surface area contributed by atoms with Crippen molar-refractivity contribution in [3.05, 3.63) is 139 Å². The van der Waals surface area contributed by atoms with Gasteiger partial charge in [-0.05, 0) is 59.1 Å². The number of rotatable bonds is 13. The SMILES string of the molecule is [N-]=[N+]=Nc1ccccc1[C@@H]1OC(c2ccc(OCCCO)cc2)=N[C@]1(Cc1ccccc1Br)C(=O)NNCc1ccc(Cl)cc1. The maximum atomic E-state index is 14.4. The van der Waals surface area contributed by atoms with Crippen molar-refractivity contribution in [2.75, 3.05) is 13.2 Å². The average molecular weight is 690 g/mol. The van der Waals surface area contributed by atoms with Gasteiger partial charge >= 0.3 is 0 Å². The smallest absolute Gasteiger partial charge is 0.266 e. The van der Waals surface area contributed by atoms with Crippen LogP contribution in [0.15, 0.2) is 112 Å². The lowest BCUT2D eigenvalue weighted by molar-refractivity contribution is -0.130. The van der Waals surface area contributed by atoms with Gasteiger partial charge < -0.3 is 14.6 Å². The molecule has 0 radical (unpaired) electrons. The number of hydrogen-bond acceptors (Lipinski definition) is 7. The van der Waals surface area contributed by atoms with Crippen molar-refractivity contribution in [1.82, 2.24) is 10.9 Å². The van der Waals surface area contributed by atoms with Crippen LogP contribution in [-0.2, 0) is 22.5 Å². The molecule has 2 atom stereocenters. The molecule has 0 unspecified atom stereocenters. The number of aliphatic hydroxyl groups excluding tert-OH is 1. The summed E-state index contributed by atoms with van der Waals surface area (Å²) in [5.74, 6) is 0.434. The van der Waals surface area contributed by atoms with Crippen LogP contribution in [0.2, 0.25) is 5.02 Å². The summed E-state index contributed by atoms with van der Waals surface area (Å²) in [5.41, 5.74) is 16.9. The van der Waals surface area contributed by atoms with Gasteiger partial charge in [0.15, 0.2) is 11.6 Å². The van der Waals surface area contributed by atoms with Crippen molar-refractivity contribution in [2.45, 2.75) is 31.0 Å². The van der Waals surface area contributed by atoms with Crippen LogP contribution in [0, 0.1) is 0 Å². The fourth-order valence-electron chi connectivity index (χ4n) is 4.98. The molecule has 10 nitrogen and oxygen atoms in total. The first-order chi connectivity index (χ1) is 21.9. The van der Waals surface area contributed by atoms with Crippen LogP contribution in [0.3, 0.4) is 0 Å². The Bertz CT molecular complexity index is 1710. The summed E-state index contributed by atoms with van der Waals surface area (Å²) >= 11 is 9.66. The summed E-state index contributed by atoms with van der Waals surface area (Å²) in [6.07, 6.45) is -0.286. The molecule has 45 heavy (non-hydrogen) atoms. The molecule has 0 bridgehead atoms. The second kappa shape index (κ2) is 15.1. The highest BCUT2D eigenvalue weighted by Gasteiger charge is 2.54. The maximum absolute atomic E-state index is 14.4. The van der Waals surface area contributed by atoms with E-state index in [1.54, 1.807) is 60.7 Å². The number of nitrogens with one attached hydrogen (secondary N) is 2. The standard InChI is InChI=1S/C33H30BrClN6O4/c34-28-8-3-1-6-24(28)20-33(32(43)40-37-21-22-10-14-25(35)15-11-22)30(27-7-2-4-9-29(27)39-41-36)45-31(38-33)23-12-16-26(17-13-23)44-19-5-18-42/h1-4,6-17,30,37,42H,5,18-21H2,(H,40,43)/t30-,33-/m0/s1. The van der Waals surface area contributed by atoms with Crippen molar-refractivity contribution in [3.8, 4) is 5.75 Å². The number of aliphatic imine (C=N–C) groups is 1. The minimum absolute atomic E-state index is 0.0394. The summed E-state index contributed by atoms with van der Waals surface area (Å²) in [4.78, 5) is 22.4. The molecule has 4 aromatic carbocycles. The van der Waals surface area contributed by atoms with E-state index in [0.717, 1.165) is 15.6 Å². The monoisotopic (exact) mass is 688 g/mol. The molecule has 12 heteroatoms. The number of benzene rings is 4. The molecule has 230 valence electrons. The van der Waals surface area contributed by atoms with Gasteiger partial charge in [-0.2, -0.15) is 0 Å². The normalized spacial score (nSPS) is 17.1. The van der Waals surface area contributed by atoms with E-state index in [0.29, 0.717) is 47.2 Å². The zero-order chi connectivity index (χ0) is 31.6. The molecule has 1 heterocycles. The highest BCUT2D eigenvalue weighted by Crippen LogP contribution is 2.46. The number of hydrazine groups is 1. The zero-order valence-electron chi connectivity index (χ0n) is 24.1. The predicted molar refractivity (Wildman–Crippen MR) is 176 cm³/mol. The van der Waals surface area contributed by atoms with Crippen molar-refractivity contribution in [2.24, 2.45) is 10.1 Å². The molecule has 0 aromatic heterocycles. The van der Waals surface area contributed by atoms with E-state index in [9.17, 15) is 10.3 Å². The molecule has 5 rings (SSSR count). The highest BCUT2D eigenvalue weighted by atomic mass is 79.9. The lowest BCUT2D eigenvalue weighted by Crippen LogP contribution is -2.53. The largest absolute Gasteiger partial charge is 0.494 e. The van der Waals surface area contributed by atoms with Crippen molar-refractivity contribution in [3.63, 3.8) is 0 Å². The number of halogens is 2. The minimum atomic E-state index is -1.52. The number of carbonyl (C=O) groups is 1. The first kappa shape index (κ1) is 32.0. The summed E-state index contributed by atoms with van der Waals surface area (Å²) in [7, 11) is 0. The number of hydrogen-bond donors (Lipinski definition) is 3. The van der Waals surface area contributed by atoms with Crippen LogP contribution in [0.5, 0.6) is 5.75 Å². The van der Waals surface area contributed by atoms with Gasteiger partial charge in [0, 0.05) is 57.2 Å². The Labute approximate surface area is 273 Å². The van der Waals surface area contributed by atoms with Crippen LogP contribution in [0.4, 0.5) is 5.69 Å². The Kier molecular flexibility index (Phi) is 10.7. The highest BCUT2D eigenvalue weighted by molar-refractivity contribution is 9.10. The lowest BCUT2D eigenvalue weighted by atomic mass is 9.81. The van der Waals surface area contributed by atoms with Gasteiger partial charge in [-0.15, -0.1) is 0 Å². The van der Waals surface area contributed by atoms with Gasteiger partial charge in [0.05, 0.1) is 6.61 Å². The van der Waals surface area contributed by atoms with Gasteiger partial charge in [0.2, 0.25) is 5.90 Å². The summed E-state index contributed by atoms with van der Waals surface area (Å²) in [5, 5.41) is 13.6. The van der Waals surface area contributed by atoms with Gasteiger partial charge in [0.1, 0.15) is 5.75 Å². The number of ether oxygens (including phenoxy) is 2. The van der Waals surface area contributed by atoms with Crippen LogP contribution in [-0.4, -0.2) is 35.7 Å². The van der Waals surface area contributed by atoms with Gasteiger partial charge in [-0.25, -0.2) is 10.4 Å². The van der Waals surface area contributed by atoms with Crippen LogP contribution >= 0.6 is 27.5 Å². The number of carbonyl (C=O) groups excluding carboxylic acids is 1. The molecular weight excluding hydrogens is 660 g/mol. The predicted octanol–water partition coefficient (Wildman–Crippen LogP) is 7.13. The van der Waals surface area contributed by atoms with E-state index in [1.165, 1.54) is 0 Å². The third kappa shape index (κ3) is 7.65. The topological polar surface area (TPSA) is 141 Å². The first-order valence-corrected chi connectivity index (χ1v) is 15.4. The molecule has 1 aliphatic heterocycles. The van der Waals surface area contributed by atoms with E-state index in [4.69, 9.17) is 31.2 Å². The fraction of sp³-hybridized carbons (Fsp3) is 0.212. The van der Waals surface area contributed by atoms with Crippen molar-refractivity contribution >= 4 is 45.0 Å². The van der Waals surface area contributed by atoms with E-state index < -0.39 is 17.6 Å². The number of nitrogens with zero attached hydrogens (tertiary/aromatic N) is 4. The molecule has 0 fully saturated rings. The van der Waals surface area contributed by atoms with E-state index in [2.05, 4.69) is 36.8 Å². The van der Waals surface area contributed by atoms with Crippen LogP contribution in [0.25, 0.3) is 10.4 Å². The molecule has 0 aliphatic carbocycles. The van der Waals surface area contributed by atoms with Gasteiger partial charge in [-0.3, -0.25) is 10.2 Å². The summed E-state index contributed by atoms with van der Waals surface area (Å²) in [6, 6.07) is 29.1. The number of amides is 1. The second-order valence-corrected chi connectivity index (χ2v) is 11.5.